The average Bonchev–Trinajstić information content (AvgIpc) is 3.08. The van der Waals surface area contributed by atoms with E-state index in [-0.39, 0.29) is 6.03 Å². The number of aryl methyl sites for hydroxylation is 1. The predicted octanol–water partition coefficient (Wildman–Crippen LogP) is 2.19. The van der Waals surface area contributed by atoms with Crippen LogP contribution in [0.1, 0.15) is 22.6 Å². The Bertz CT molecular complexity index is 746. The van der Waals surface area contributed by atoms with Crippen molar-refractivity contribution < 1.29 is 4.79 Å². The quantitative estimate of drug-likeness (QED) is 0.908. The summed E-state index contributed by atoms with van der Waals surface area (Å²) in [6, 6.07) is 9.00. The van der Waals surface area contributed by atoms with E-state index in [9.17, 15) is 4.79 Å². The van der Waals surface area contributed by atoms with Gasteiger partial charge in [-0.2, -0.15) is 0 Å². The van der Waals surface area contributed by atoms with E-state index >= 15 is 0 Å². The Morgan fingerprint density at radius 1 is 1.38 bits per heavy atom. The van der Waals surface area contributed by atoms with Gasteiger partial charge in [0.25, 0.3) is 0 Å². The van der Waals surface area contributed by atoms with E-state index < -0.39 is 0 Å². The van der Waals surface area contributed by atoms with Gasteiger partial charge in [0.2, 0.25) is 0 Å². The lowest BCUT2D eigenvalue weighted by Gasteiger charge is -2.27. The largest absolute Gasteiger partial charge is 0.366 e. The van der Waals surface area contributed by atoms with Crippen molar-refractivity contribution in [3.05, 3.63) is 40.4 Å². The Hall–Kier alpha value is -2.15. The number of fused-ring (bicyclic) bond motifs is 3. The van der Waals surface area contributed by atoms with E-state index in [1.54, 1.807) is 0 Å². The summed E-state index contributed by atoms with van der Waals surface area (Å²) in [6.45, 7) is 5.03. The number of carbonyl (C=O) groups excluding carboxylic acids is 1. The predicted molar refractivity (Wildman–Crippen MR) is 94.4 cm³/mol. The Labute approximate surface area is 145 Å². The SMILES string of the molecule is Cc1nnsc1CNC(=O)N1CCCN2c3ccccc3CC2C1. The van der Waals surface area contributed by atoms with Crippen molar-refractivity contribution in [1.82, 2.24) is 19.8 Å². The highest BCUT2D eigenvalue weighted by molar-refractivity contribution is 7.05. The molecule has 1 aromatic carbocycles. The molecule has 24 heavy (non-hydrogen) atoms. The maximum absolute atomic E-state index is 12.6. The van der Waals surface area contributed by atoms with Gasteiger partial charge in [-0.3, -0.25) is 0 Å². The summed E-state index contributed by atoms with van der Waals surface area (Å²) < 4.78 is 3.91. The molecule has 2 aliphatic rings. The number of benzene rings is 1. The second kappa shape index (κ2) is 6.39. The summed E-state index contributed by atoms with van der Waals surface area (Å²) in [4.78, 5) is 18.0. The van der Waals surface area contributed by atoms with Crippen LogP contribution in [0.25, 0.3) is 0 Å². The van der Waals surface area contributed by atoms with Crippen molar-refractivity contribution in [2.45, 2.75) is 32.4 Å². The van der Waals surface area contributed by atoms with Crippen molar-refractivity contribution in [2.24, 2.45) is 0 Å². The molecule has 6 nitrogen and oxygen atoms in total. The zero-order chi connectivity index (χ0) is 16.5. The number of rotatable bonds is 2. The van der Waals surface area contributed by atoms with Gasteiger partial charge in [-0.05, 0) is 42.9 Å². The fourth-order valence-corrected chi connectivity index (χ4v) is 4.20. The lowest BCUT2D eigenvalue weighted by atomic mass is 10.1. The average molecular weight is 343 g/mol. The van der Waals surface area contributed by atoms with Crippen LogP contribution >= 0.6 is 11.5 Å². The molecular weight excluding hydrogens is 322 g/mol. The van der Waals surface area contributed by atoms with E-state index in [4.69, 9.17) is 0 Å². The van der Waals surface area contributed by atoms with Gasteiger partial charge in [-0.15, -0.1) is 5.10 Å². The van der Waals surface area contributed by atoms with Crippen LogP contribution in [0.4, 0.5) is 10.5 Å². The number of anilines is 1. The van der Waals surface area contributed by atoms with Crippen LogP contribution in [0.5, 0.6) is 0 Å². The van der Waals surface area contributed by atoms with Crippen molar-refractivity contribution in [3.8, 4) is 0 Å². The maximum Gasteiger partial charge on any atom is 0.317 e. The van der Waals surface area contributed by atoms with Gasteiger partial charge in [0.15, 0.2) is 0 Å². The normalized spacial score (nSPS) is 19.6. The highest BCUT2D eigenvalue weighted by Gasteiger charge is 2.33. The molecule has 1 N–H and O–H groups in total. The van der Waals surface area contributed by atoms with Gasteiger partial charge in [0, 0.05) is 25.3 Å². The van der Waals surface area contributed by atoms with Gasteiger partial charge >= 0.3 is 6.03 Å². The Balaban J connectivity index is 1.41. The topological polar surface area (TPSA) is 61.4 Å². The minimum atomic E-state index is 0.0145. The molecular formula is C17H21N5OS. The smallest absolute Gasteiger partial charge is 0.317 e. The summed E-state index contributed by atoms with van der Waals surface area (Å²) in [5.74, 6) is 0. The molecule has 4 rings (SSSR count). The highest BCUT2D eigenvalue weighted by atomic mass is 32.1. The standard InChI is InChI=1S/C17H21N5OS/c1-12-16(24-20-19-12)10-18-17(23)21-7-4-8-22-14(11-21)9-13-5-2-3-6-15(13)22/h2-3,5-6,14H,4,7-11H2,1H3,(H,18,23). The van der Waals surface area contributed by atoms with Gasteiger partial charge in [-0.25, -0.2) is 4.79 Å². The number of carbonyl (C=O) groups is 1. The zero-order valence-electron chi connectivity index (χ0n) is 13.7. The highest BCUT2D eigenvalue weighted by Crippen LogP contribution is 2.33. The number of urea groups is 1. The fourth-order valence-electron chi connectivity index (χ4n) is 3.63. The van der Waals surface area contributed by atoms with Crippen LogP contribution in [0.2, 0.25) is 0 Å². The zero-order valence-corrected chi connectivity index (χ0v) is 14.6. The van der Waals surface area contributed by atoms with Gasteiger partial charge in [0.05, 0.1) is 23.2 Å². The molecule has 1 saturated heterocycles. The van der Waals surface area contributed by atoms with E-state index in [1.165, 1.54) is 22.8 Å². The molecule has 7 heteroatoms. The number of nitrogens with zero attached hydrogens (tertiary/aromatic N) is 4. The summed E-state index contributed by atoms with van der Waals surface area (Å²) in [5, 5.41) is 7.01. The number of nitrogens with one attached hydrogen (secondary N) is 1. The molecule has 0 spiro atoms. The molecule has 0 aliphatic carbocycles. The van der Waals surface area contributed by atoms with Gasteiger partial charge < -0.3 is 15.1 Å². The molecule has 3 heterocycles. The number of hydrogen-bond acceptors (Lipinski definition) is 5. The summed E-state index contributed by atoms with van der Waals surface area (Å²) in [5.41, 5.74) is 3.64. The van der Waals surface area contributed by atoms with Crippen LogP contribution in [0, 0.1) is 6.92 Å². The summed E-state index contributed by atoms with van der Waals surface area (Å²) >= 11 is 1.35. The van der Waals surface area contributed by atoms with Crippen LogP contribution in [-0.2, 0) is 13.0 Å². The first-order chi connectivity index (χ1) is 11.7. The summed E-state index contributed by atoms with van der Waals surface area (Å²) in [7, 11) is 0. The maximum atomic E-state index is 12.6. The molecule has 1 fully saturated rings. The van der Waals surface area contributed by atoms with Crippen molar-refractivity contribution >= 4 is 23.3 Å². The second-order valence-corrected chi connectivity index (χ2v) is 7.26. The van der Waals surface area contributed by atoms with Gasteiger partial charge in [0.1, 0.15) is 0 Å². The fraction of sp³-hybridized carbons (Fsp3) is 0.471. The third-order valence-corrected chi connectivity index (χ3v) is 5.71. The molecule has 0 bridgehead atoms. The number of aromatic nitrogens is 2. The molecule has 2 aromatic rings. The van der Waals surface area contributed by atoms with E-state index in [0.29, 0.717) is 12.6 Å². The molecule has 1 unspecified atom stereocenters. The molecule has 1 atom stereocenters. The third-order valence-electron chi connectivity index (χ3n) is 4.89. The van der Waals surface area contributed by atoms with Crippen molar-refractivity contribution in [2.75, 3.05) is 24.5 Å². The van der Waals surface area contributed by atoms with Crippen LogP contribution in [0.3, 0.4) is 0 Å². The van der Waals surface area contributed by atoms with E-state index in [1.807, 2.05) is 11.8 Å². The third kappa shape index (κ3) is 2.84. The number of hydrogen-bond donors (Lipinski definition) is 1. The first-order valence-electron chi connectivity index (χ1n) is 8.37. The number of para-hydroxylation sites is 1. The van der Waals surface area contributed by atoms with Crippen molar-refractivity contribution in [3.63, 3.8) is 0 Å². The molecule has 0 radical (unpaired) electrons. The lowest BCUT2D eigenvalue weighted by molar-refractivity contribution is 0.197. The van der Waals surface area contributed by atoms with Crippen LogP contribution < -0.4 is 10.2 Å². The van der Waals surface area contributed by atoms with Gasteiger partial charge in [-0.1, -0.05) is 22.7 Å². The first-order valence-corrected chi connectivity index (χ1v) is 9.15. The molecule has 1 aromatic heterocycles. The monoisotopic (exact) mass is 343 g/mol. The lowest BCUT2D eigenvalue weighted by Crippen LogP contribution is -2.45. The second-order valence-electron chi connectivity index (χ2n) is 6.42. The van der Waals surface area contributed by atoms with E-state index in [0.717, 1.165) is 43.0 Å². The Morgan fingerprint density at radius 2 is 2.25 bits per heavy atom. The molecule has 126 valence electrons. The minimum absolute atomic E-state index is 0.0145. The van der Waals surface area contributed by atoms with E-state index in [2.05, 4.69) is 44.1 Å². The molecule has 2 amide bonds. The molecule has 2 aliphatic heterocycles. The van der Waals surface area contributed by atoms with Crippen LogP contribution in [0.15, 0.2) is 24.3 Å². The minimum Gasteiger partial charge on any atom is -0.366 e. The number of amides is 2. The van der Waals surface area contributed by atoms with Crippen molar-refractivity contribution in [1.29, 1.82) is 0 Å². The van der Waals surface area contributed by atoms with Crippen LogP contribution in [-0.4, -0.2) is 46.2 Å². The Morgan fingerprint density at radius 3 is 3.08 bits per heavy atom. The Kier molecular flexibility index (Phi) is 4.10. The molecule has 0 saturated carbocycles. The first kappa shape index (κ1) is 15.4. The summed E-state index contributed by atoms with van der Waals surface area (Å²) in [6.07, 6.45) is 2.03.